The van der Waals surface area contributed by atoms with Gasteiger partial charge in [0.25, 0.3) is 5.91 Å². The SMILES string of the molecule is CCOCCNC(=O)C#CCNC. The van der Waals surface area contributed by atoms with Crippen LogP contribution >= 0.6 is 0 Å². The molecule has 4 heteroatoms. The Bertz CT molecular complexity index is 194. The Morgan fingerprint density at radius 2 is 2.31 bits per heavy atom. The molecular formula is C9H16N2O2. The van der Waals surface area contributed by atoms with Gasteiger partial charge in [-0.25, -0.2) is 0 Å². The first-order chi connectivity index (χ1) is 6.31. The quantitative estimate of drug-likeness (QED) is 0.441. The van der Waals surface area contributed by atoms with Gasteiger partial charge in [-0.2, -0.15) is 0 Å². The predicted molar refractivity (Wildman–Crippen MR) is 51.2 cm³/mol. The standard InChI is InChI=1S/C9H16N2O2/c1-3-13-8-7-11-9(12)5-4-6-10-2/h10H,3,6-8H2,1-2H3,(H,11,12). The van der Waals surface area contributed by atoms with Crippen molar-refractivity contribution in [2.45, 2.75) is 6.92 Å². The molecule has 0 saturated heterocycles. The molecule has 0 spiro atoms. The molecular weight excluding hydrogens is 168 g/mol. The third-order valence-electron chi connectivity index (χ3n) is 1.20. The van der Waals surface area contributed by atoms with Crippen molar-refractivity contribution in [3.05, 3.63) is 0 Å². The molecule has 2 N–H and O–H groups in total. The minimum Gasteiger partial charge on any atom is -0.380 e. The summed E-state index contributed by atoms with van der Waals surface area (Å²) in [6.07, 6.45) is 0. The van der Waals surface area contributed by atoms with Gasteiger partial charge in [0.15, 0.2) is 0 Å². The Morgan fingerprint density at radius 3 is 2.92 bits per heavy atom. The number of amides is 1. The van der Waals surface area contributed by atoms with Crippen molar-refractivity contribution >= 4 is 5.91 Å². The molecule has 0 heterocycles. The Balaban J connectivity index is 3.36. The molecule has 0 saturated carbocycles. The van der Waals surface area contributed by atoms with Crippen LogP contribution in [0.15, 0.2) is 0 Å². The average molecular weight is 184 g/mol. The molecule has 0 aliphatic rings. The van der Waals surface area contributed by atoms with Gasteiger partial charge in [0.1, 0.15) is 0 Å². The largest absolute Gasteiger partial charge is 0.380 e. The Labute approximate surface area is 79.0 Å². The zero-order chi connectivity index (χ0) is 9.94. The molecule has 1 amide bonds. The van der Waals surface area contributed by atoms with E-state index in [1.807, 2.05) is 6.92 Å². The summed E-state index contributed by atoms with van der Waals surface area (Å²) in [5, 5.41) is 5.43. The van der Waals surface area contributed by atoms with Crippen LogP contribution in [-0.2, 0) is 9.53 Å². The fraction of sp³-hybridized carbons (Fsp3) is 0.667. The van der Waals surface area contributed by atoms with Gasteiger partial charge in [-0.05, 0) is 19.9 Å². The first-order valence-corrected chi connectivity index (χ1v) is 4.30. The summed E-state index contributed by atoms with van der Waals surface area (Å²) in [7, 11) is 1.78. The molecule has 0 aromatic heterocycles. The van der Waals surface area contributed by atoms with Crippen molar-refractivity contribution < 1.29 is 9.53 Å². The normalized spacial score (nSPS) is 8.77. The van der Waals surface area contributed by atoms with E-state index in [0.717, 1.165) is 0 Å². The Hall–Kier alpha value is -1.05. The van der Waals surface area contributed by atoms with Crippen molar-refractivity contribution in [3.8, 4) is 11.8 Å². The second-order valence-electron chi connectivity index (χ2n) is 2.28. The Morgan fingerprint density at radius 1 is 1.54 bits per heavy atom. The van der Waals surface area contributed by atoms with Crippen molar-refractivity contribution in [2.75, 3.05) is 33.4 Å². The lowest BCUT2D eigenvalue weighted by Gasteiger charge is -2.00. The maximum Gasteiger partial charge on any atom is 0.296 e. The molecule has 0 bridgehead atoms. The molecule has 0 aliphatic carbocycles. The van der Waals surface area contributed by atoms with Gasteiger partial charge in [-0.1, -0.05) is 5.92 Å². The molecule has 4 nitrogen and oxygen atoms in total. The summed E-state index contributed by atoms with van der Waals surface area (Å²) in [6.45, 7) is 4.16. The highest BCUT2D eigenvalue weighted by Crippen LogP contribution is 1.70. The molecule has 0 unspecified atom stereocenters. The van der Waals surface area contributed by atoms with Gasteiger partial charge in [0, 0.05) is 13.2 Å². The van der Waals surface area contributed by atoms with Gasteiger partial charge in [-0.15, -0.1) is 0 Å². The summed E-state index contributed by atoms with van der Waals surface area (Å²) in [5.74, 6) is 4.85. The van der Waals surface area contributed by atoms with Crippen molar-refractivity contribution in [2.24, 2.45) is 0 Å². The molecule has 0 radical (unpaired) electrons. The molecule has 0 aromatic carbocycles. The highest BCUT2D eigenvalue weighted by molar-refractivity contribution is 5.93. The zero-order valence-electron chi connectivity index (χ0n) is 8.14. The highest BCUT2D eigenvalue weighted by Gasteiger charge is 1.92. The number of carbonyl (C=O) groups is 1. The van der Waals surface area contributed by atoms with E-state index in [-0.39, 0.29) is 5.91 Å². The number of hydrogen-bond acceptors (Lipinski definition) is 3. The minimum absolute atomic E-state index is 0.255. The van der Waals surface area contributed by atoms with E-state index in [1.54, 1.807) is 7.05 Å². The van der Waals surface area contributed by atoms with E-state index in [4.69, 9.17) is 4.74 Å². The third kappa shape index (κ3) is 8.86. The third-order valence-corrected chi connectivity index (χ3v) is 1.20. The first-order valence-electron chi connectivity index (χ1n) is 4.30. The fourth-order valence-corrected chi connectivity index (χ4v) is 0.638. The van der Waals surface area contributed by atoms with Crippen LogP contribution in [0.5, 0.6) is 0 Å². The minimum atomic E-state index is -0.255. The predicted octanol–water partition coefficient (Wildman–Crippen LogP) is -0.638. The number of rotatable bonds is 5. The molecule has 0 aromatic rings. The summed E-state index contributed by atoms with van der Waals surface area (Å²) >= 11 is 0. The van der Waals surface area contributed by atoms with Gasteiger partial charge in [-0.3, -0.25) is 4.79 Å². The molecule has 0 aliphatic heterocycles. The van der Waals surface area contributed by atoms with E-state index < -0.39 is 0 Å². The summed E-state index contributed by atoms with van der Waals surface area (Å²) < 4.78 is 5.03. The van der Waals surface area contributed by atoms with E-state index in [1.165, 1.54) is 0 Å². The van der Waals surface area contributed by atoms with E-state index in [9.17, 15) is 4.79 Å². The van der Waals surface area contributed by atoms with Crippen LogP contribution in [0.4, 0.5) is 0 Å². The van der Waals surface area contributed by atoms with Gasteiger partial charge < -0.3 is 15.4 Å². The van der Waals surface area contributed by atoms with Crippen LogP contribution in [0, 0.1) is 11.8 Å². The fourth-order valence-electron chi connectivity index (χ4n) is 0.638. The lowest BCUT2D eigenvalue weighted by Crippen LogP contribution is -2.26. The average Bonchev–Trinajstić information content (AvgIpc) is 2.13. The van der Waals surface area contributed by atoms with Crippen LogP contribution in [0.2, 0.25) is 0 Å². The number of ether oxygens (including phenoxy) is 1. The molecule has 74 valence electrons. The number of carbonyl (C=O) groups excluding carboxylic acids is 1. The van der Waals surface area contributed by atoms with Crippen LogP contribution in [0.3, 0.4) is 0 Å². The van der Waals surface area contributed by atoms with E-state index in [0.29, 0.717) is 26.3 Å². The molecule has 0 rings (SSSR count). The lowest BCUT2D eigenvalue weighted by molar-refractivity contribution is -0.115. The molecule has 0 fully saturated rings. The van der Waals surface area contributed by atoms with Crippen LogP contribution in [0.25, 0.3) is 0 Å². The maximum atomic E-state index is 10.9. The summed E-state index contributed by atoms with van der Waals surface area (Å²) in [4.78, 5) is 10.9. The van der Waals surface area contributed by atoms with Crippen molar-refractivity contribution in [1.82, 2.24) is 10.6 Å². The van der Waals surface area contributed by atoms with Gasteiger partial charge in [0.05, 0.1) is 13.2 Å². The van der Waals surface area contributed by atoms with Crippen molar-refractivity contribution in [3.63, 3.8) is 0 Å². The van der Waals surface area contributed by atoms with Gasteiger partial charge >= 0.3 is 0 Å². The smallest absolute Gasteiger partial charge is 0.296 e. The second kappa shape index (κ2) is 9.04. The number of hydrogen-bond donors (Lipinski definition) is 2. The second-order valence-corrected chi connectivity index (χ2v) is 2.28. The number of nitrogens with one attached hydrogen (secondary N) is 2. The van der Waals surface area contributed by atoms with Gasteiger partial charge in [0.2, 0.25) is 0 Å². The maximum absolute atomic E-state index is 10.9. The van der Waals surface area contributed by atoms with Crippen LogP contribution in [-0.4, -0.2) is 39.3 Å². The van der Waals surface area contributed by atoms with Crippen molar-refractivity contribution in [1.29, 1.82) is 0 Å². The topological polar surface area (TPSA) is 50.4 Å². The summed E-state index contributed by atoms with van der Waals surface area (Å²) in [6, 6.07) is 0. The lowest BCUT2D eigenvalue weighted by atomic mass is 10.5. The monoisotopic (exact) mass is 184 g/mol. The van der Waals surface area contributed by atoms with Crippen LogP contribution in [0.1, 0.15) is 6.92 Å². The zero-order valence-corrected chi connectivity index (χ0v) is 8.14. The van der Waals surface area contributed by atoms with E-state index in [2.05, 4.69) is 22.5 Å². The summed E-state index contributed by atoms with van der Waals surface area (Å²) in [5.41, 5.74) is 0. The van der Waals surface area contributed by atoms with Crippen LogP contribution < -0.4 is 10.6 Å². The highest BCUT2D eigenvalue weighted by atomic mass is 16.5. The molecule has 13 heavy (non-hydrogen) atoms. The Kier molecular flexibility index (Phi) is 8.31. The first kappa shape index (κ1) is 11.9. The van der Waals surface area contributed by atoms with E-state index >= 15 is 0 Å². The molecule has 0 atom stereocenters.